The summed E-state index contributed by atoms with van der Waals surface area (Å²) in [4.78, 5) is 6.24. The zero-order valence-electron chi connectivity index (χ0n) is 13.5. The minimum Gasteiger partial charge on any atom is -0.480 e. The minimum absolute atomic E-state index is 0.0740. The lowest BCUT2D eigenvalue weighted by Gasteiger charge is -2.15. The number of rotatable bonds is 5. The van der Waals surface area contributed by atoms with E-state index in [4.69, 9.17) is 9.47 Å². The van der Waals surface area contributed by atoms with E-state index in [2.05, 4.69) is 9.88 Å². The molecule has 1 aliphatic rings. The van der Waals surface area contributed by atoms with E-state index in [-0.39, 0.29) is 22.9 Å². The van der Waals surface area contributed by atoms with Gasteiger partial charge >= 0.3 is 0 Å². The number of halogens is 1. The molecule has 0 radical (unpaired) electrons. The number of likely N-dealkylation sites (tertiary alicyclic amines) is 1. The van der Waals surface area contributed by atoms with E-state index >= 15 is 0 Å². The molecule has 0 N–H and O–H groups in total. The maximum Gasteiger partial charge on any atom is 0.235 e. The Morgan fingerprint density at radius 1 is 1.25 bits per heavy atom. The zero-order chi connectivity index (χ0) is 16.9. The third-order valence-electron chi connectivity index (χ3n) is 4.00. The van der Waals surface area contributed by atoms with Crippen LogP contribution in [-0.4, -0.2) is 30.1 Å². The number of nitrogens with zero attached hydrogens (tertiary/aromatic N) is 3. The van der Waals surface area contributed by atoms with Gasteiger partial charge in [-0.2, -0.15) is 5.26 Å². The Hall–Kier alpha value is -2.65. The Morgan fingerprint density at radius 3 is 2.71 bits per heavy atom. The summed E-state index contributed by atoms with van der Waals surface area (Å²) in [5.74, 6) is -0.00658. The van der Waals surface area contributed by atoms with Crippen LogP contribution in [0.2, 0.25) is 0 Å². The third-order valence-corrected chi connectivity index (χ3v) is 4.00. The maximum atomic E-state index is 14.4. The fourth-order valence-corrected chi connectivity index (χ4v) is 2.81. The van der Waals surface area contributed by atoms with Gasteiger partial charge in [-0.05, 0) is 43.6 Å². The molecule has 6 heteroatoms. The molecule has 1 fully saturated rings. The number of hydrogen-bond donors (Lipinski definition) is 0. The van der Waals surface area contributed by atoms with Crippen molar-refractivity contribution in [3.05, 3.63) is 47.4 Å². The van der Waals surface area contributed by atoms with Crippen LogP contribution in [-0.2, 0) is 6.54 Å². The van der Waals surface area contributed by atoms with Gasteiger partial charge in [0.25, 0.3) is 0 Å². The Balaban J connectivity index is 1.80. The van der Waals surface area contributed by atoms with E-state index in [0.29, 0.717) is 0 Å². The lowest BCUT2D eigenvalue weighted by Crippen LogP contribution is -2.18. The number of pyridine rings is 1. The number of benzene rings is 1. The minimum atomic E-state index is -0.452. The average molecular weight is 327 g/mol. The average Bonchev–Trinajstić information content (AvgIpc) is 3.10. The van der Waals surface area contributed by atoms with Crippen molar-refractivity contribution < 1.29 is 13.9 Å². The fourth-order valence-electron chi connectivity index (χ4n) is 2.81. The van der Waals surface area contributed by atoms with E-state index in [1.54, 1.807) is 6.07 Å². The lowest BCUT2D eigenvalue weighted by atomic mass is 10.2. The first-order chi connectivity index (χ1) is 11.7. The molecule has 1 aromatic carbocycles. The first-order valence-corrected chi connectivity index (χ1v) is 7.83. The first kappa shape index (κ1) is 16.2. The van der Waals surface area contributed by atoms with Crippen molar-refractivity contribution in [2.45, 2.75) is 19.4 Å². The van der Waals surface area contributed by atoms with Gasteiger partial charge in [0.1, 0.15) is 6.07 Å². The monoisotopic (exact) mass is 327 g/mol. The van der Waals surface area contributed by atoms with Crippen LogP contribution in [0, 0.1) is 17.1 Å². The second-order valence-corrected chi connectivity index (χ2v) is 5.66. The van der Waals surface area contributed by atoms with Crippen molar-refractivity contribution >= 4 is 0 Å². The summed E-state index contributed by atoms with van der Waals surface area (Å²) in [6.07, 6.45) is 3.85. The summed E-state index contributed by atoms with van der Waals surface area (Å²) in [6.45, 7) is 2.86. The van der Waals surface area contributed by atoms with Gasteiger partial charge in [-0.1, -0.05) is 6.07 Å². The maximum absolute atomic E-state index is 14.4. The molecule has 0 spiro atoms. The molecule has 1 aliphatic heterocycles. The molecular formula is C18H18FN3O2. The van der Waals surface area contributed by atoms with Gasteiger partial charge in [-0.3, -0.25) is 4.90 Å². The van der Waals surface area contributed by atoms with Crippen molar-refractivity contribution in [1.29, 1.82) is 5.26 Å². The highest BCUT2D eigenvalue weighted by molar-refractivity contribution is 5.50. The van der Waals surface area contributed by atoms with Crippen molar-refractivity contribution in [2.24, 2.45) is 0 Å². The quantitative estimate of drug-likeness (QED) is 0.841. The van der Waals surface area contributed by atoms with Crippen LogP contribution in [0.3, 0.4) is 0 Å². The molecule has 124 valence electrons. The molecule has 2 aromatic rings. The van der Waals surface area contributed by atoms with Gasteiger partial charge in [-0.15, -0.1) is 0 Å². The van der Waals surface area contributed by atoms with E-state index in [9.17, 15) is 9.65 Å². The van der Waals surface area contributed by atoms with Gasteiger partial charge < -0.3 is 9.47 Å². The van der Waals surface area contributed by atoms with Gasteiger partial charge in [0, 0.05) is 18.8 Å². The van der Waals surface area contributed by atoms with Crippen molar-refractivity contribution in [1.82, 2.24) is 9.88 Å². The molecule has 1 saturated heterocycles. The van der Waals surface area contributed by atoms with Crippen LogP contribution in [0.25, 0.3) is 0 Å². The highest BCUT2D eigenvalue weighted by Crippen LogP contribution is 2.31. The van der Waals surface area contributed by atoms with Crippen LogP contribution < -0.4 is 9.47 Å². The van der Waals surface area contributed by atoms with Crippen molar-refractivity contribution in [3.8, 4) is 23.4 Å². The lowest BCUT2D eigenvalue weighted by molar-refractivity contribution is 0.330. The molecule has 0 saturated carbocycles. The summed E-state index contributed by atoms with van der Waals surface area (Å²) >= 11 is 0. The van der Waals surface area contributed by atoms with E-state index in [1.807, 2.05) is 12.1 Å². The Labute approximate surface area is 140 Å². The summed E-state index contributed by atoms with van der Waals surface area (Å²) in [6, 6.07) is 8.41. The van der Waals surface area contributed by atoms with Crippen molar-refractivity contribution in [2.75, 3.05) is 20.2 Å². The Kier molecular flexibility index (Phi) is 4.92. The van der Waals surface area contributed by atoms with Gasteiger partial charge in [-0.25, -0.2) is 9.37 Å². The number of methoxy groups -OCH3 is 1. The molecular weight excluding hydrogens is 309 g/mol. The molecule has 1 aromatic heterocycles. The van der Waals surface area contributed by atoms with Crippen molar-refractivity contribution in [3.63, 3.8) is 0 Å². The SMILES string of the molecule is COc1nccc(Oc2ccc(CN3CCCC3)cc2F)c1C#N. The molecule has 0 unspecified atom stereocenters. The van der Waals surface area contributed by atoms with Gasteiger partial charge in [0.2, 0.25) is 5.88 Å². The van der Waals surface area contributed by atoms with Gasteiger partial charge in [0.15, 0.2) is 22.9 Å². The van der Waals surface area contributed by atoms with E-state index < -0.39 is 5.82 Å². The molecule has 0 bridgehead atoms. The zero-order valence-corrected chi connectivity index (χ0v) is 13.5. The van der Waals surface area contributed by atoms with Crippen LogP contribution in [0.4, 0.5) is 4.39 Å². The predicted octanol–water partition coefficient (Wildman–Crippen LogP) is 3.49. The summed E-state index contributed by atoms with van der Waals surface area (Å²) in [5.41, 5.74) is 1.05. The topological polar surface area (TPSA) is 58.4 Å². The van der Waals surface area contributed by atoms with Crippen LogP contribution in [0.5, 0.6) is 17.4 Å². The Morgan fingerprint density at radius 2 is 2.04 bits per heavy atom. The molecule has 0 amide bonds. The van der Waals surface area contributed by atoms with Crippen LogP contribution in [0.1, 0.15) is 24.0 Å². The second kappa shape index (κ2) is 7.28. The number of nitriles is 1. The summed E-state index contributed by atoms with van der Waals surface area (Å²) in [5, 5.41) is 9.23. The molecule has 5 nitrogen and oxygen atoms in total. The molecule has 3 rings (SSSR count). The van der Waals surface area contributed by atoms with Crippen LogP contribution >= 0.6 is 0 Å². The van der Waals surface area contributed by atoms with E-state index in [0.717, 1.165) is 25.2 Å². The molecule has 0 atom stereocenters. The fraction of sp³-hybridized carbons (Fsp3) is 0.333. The van der Waals surface area contributed by atoms with E-state index in [1.165, 1.54) is 38.3 Å². The predicted molar refractivity (Wildman–Crippen MR) is 86.5 cm³/mol. The molecule has 0 aliphatic carbocycles. The molecule has 24 heavy (non-hydrogen) atoms. The van der Waals surface area contributed by atoms with Gasteiger partial charge in [0.05, 0.1) is 7.11 Å². The third kappa shape index (κ3) is 3.47. The second-order valence-electron chi connectivity index (χ2n) is 5.66. The smallest absolute Gasteiger partial charge is 0.235 e. The molecule has 2 heterocycles. The number of ether oxygens (including phenoxy) is 2. The largest absolute Gasteiger partial charge is 0.480 e. The van der Waals surface area contributed by atoms with Crippen LogP contribution in [0.15, 0.2) is 30.5 Å². The standard InChI is InChI=1S/C18H18FN3O2/c1-23-18-14(11-20)16(6-7-21-18)24-17-5-4-13(10-15(17)19)12-22-8-2-3-9-22/h4-7,10H,2-3,8-9,12H2,1H3. The highest BCUT2D eigenvalue weighted by Gasteiger charge is 2.16. The first-order valence-electron chi connectivity index (χ1n) is 7.83. The Bertz CT molecular complexity index is 767. The normalized spacial score (nSPS) is 14.4. The summed E-state index contributed by atoms with van der Waals surface area (Å²) < 4.78 is 24.9. The summed E-state index contributed by atoms with van der Waals surface area (Å²) in [7, 11) is 1.42. The number of aromatic nitrogens is 1. The highest BCUT2D eigenvalue weighted by atomic mass is 19.1. The number of hydrogen-bond acceptors (Lipinski definition) is 5.